The molecule has 0 aliphatic carbocycles. The number of aryl methyl sites for hydroxylation is 2. The van der Waals surface area contributed by atoms with Crippen molar-refractivity contribution in [1.82, 2.24) is 14.9 Å². The third-order valence-electron chi connectivity index (χ3n) is 3.11. The molecule has 0 saturated carbocycles. The molecular formula is C13H17ClN4O2S. The fraction of sp³-hybridized carbons (Fsp3) is 0.308. The van der Waals surface area contributed by atoms with Crippen LogP contribution in [-0.2, 0) is 16.4 Å². The van der Waals surface area contributed by atoms with Gasteiger partial charge in [0.25, 0.3) is 0 Å². The number of halogens is 1. The van der Waals surface area contributed by atoms with Crippen molar-refractivity contribution in [1.29, 1.82) is 0 Å². The Hall–Kier alpha value is -1.57. The molecule has 2 rings (SSSR count). The predicted octanol–water partition coefficient (Wildman–Crippen LogP) is 1.86. The smallest absolute Gasteiger partial charge is 0.242 e. The van der Waals surface area contributed by atoms with Gasteiger partial charge in [-0.05, 0) is 43.5 Å². The van der Waals surface area contributed by atoms with Crippen LogP contribution in [0.25, 0.3) is 0 Å². The summed E-state index contributed by atoms with van der Waals surface area (Å²) in [4.78, 5) is 0.0476. The highest BCUT2D eigenvalue weighted by atomic mass is 35.5. The summed E-state index contributed by atoms with van der Waals surface area (Å²) in [5.74, 6) is 0. The van der Waals surface area contributed by atoms with Crippen LogP contribution in [0.1, 0.15) is 17.7 Å². The molecule has 0 spiro atoms. The van der Waals surface area contributed by atoms with Crippen LogP contribution in [0.4, 0.5) is 5.69 Å². The zero-order valence-electron chi connectivity index (χ0n) is 11.6. The number of benzene rings is 1. The Labute approximate surface area is 128 Å². The van der Waals surface area contributed by atoms with Gasteiger partial charge in [-0.2, -0.15) is 5.10 Å². The zero-order valence-corrected chi connectivity index (χ0v) is 13.1. The minimum absolute atomic E-state index is 0.0476. The maximum atomic E-state index is 12.1. The largest absolute Gasteiger partial charge is 0.398 e. The molecule has 114 valence electrons. The summed E-state index contributed by atoms with van der Waals surface area (Å²) in [6.07, 6.45) is 3.18. The van der Waals surface area contributed by atoms with Crippen LogP contribution in [0.3, 0.4) is 0 Å². The third kappa shape index (κ3) is 3.96. The lowest BCUT2D eigenvalue weighted by Crippen LogP contribution is -2.26. The van der Waals surface area contributed by atoms with E-state index in [-0.39, 0.29) is 10.6 Å². The van der Waals surface area contributed by atoms with E-state index in [2.05, 4.69) is 14.9 Å². The Morgan fingerprint density at radius 1 is 1.43 bits per heavy atom. The number of anilines is 1. The van der Waals surface area contributed by atoms with Gasteiger partial charge in [0, 0.05) is 17.3 Å². The van der Waals surface area contributed by atoms with Gasteiger partial charge < -0.3 is 5.73 Å². The molecule has 1 aromatic carbocycles. The monoisotopic (exact) mass is 328 g/mol. The fourth-order valence-corrected chi connectivity index (χ4v) is 3.32. The first-order chi connectivity index (χ1) is 9.90. The quantitative estimate of drug-likeness (QED) is 0.556. The molecule has 1 heterocycles. The Kier molecular flexibility index (Phi) is 4.87. The van der Waals surface area contributed by atoms with E-state index in [0.717, 1.165) is 17.7 Å². The summed E-state index contributed by atoms with van der Waals surface area (Å²) in [5, 5.41) is 7.18. The SMILES string of the molecule is Cc1[nH]ncc1CCCNS(=O)(=O)c1ccc(Cl)cc1N. The first-order valence-electron chi connectivity index (χ1n) is 6.43. The third-order valence-corrected chi connectivity index (χ3v) is 4.88. The van der Waals surface area contributed by atoms with Crippen molar-refractivity contribution in [2.45, 2.75) is 24.7 Å². The van der Waals surface area contributed by atoms with Crippen LogP contribution >= 0.6 is 11.6 Å². The highest BCUT2D eigenvalue weighted by molar-refractivity contribution is 7.89. The van der Waals surface area contributed by atoms with Crippen molar-refractivity contribution in [2.75, 3.05) is 12.3 Å². The molecule has 0 saturated heterocycles. The molecule has 21 heavy (non-hydrogen) atoms. The van der Waals surface area contributed by atoms with E-state index in [1.807, 2.05) is 6.92 Å². The summed E-state index contributed by atoms with van der Waals surface area (Å²) < 4.78 is 26.8. The number of H-pyrrole nitrogens is 1. The molecule has 0 fully saturated rings. The Morgan fingerprint density at radius 3 is 2.81 bits per heavy atom. The molecule has 0 aliphatic heterocycles. The highest BCUT2D eigenvalue weighted by Gasteiger charge is 2.16. The average molecular weight is 329 g/mol. The van der Waals surface area contributed by atoms with Crippen LogP contribution < -0.4 is 10.5 Å². The normalized spacial score (nSPS) is 11.7. The fourth-order valence-electron chi connectivity index (χ4n) is 1.95. The van der Waals surface area contributed by atoms with Crippen molar-refractivity contribution in [2.24, 2.45) is 0 Å². The molecule has 0 radical (unpaired) electrons. The molecule has 4 N–H and O–H groups in total. The van der Waals surface area contributed by atoms with Gasteiger partial charge in [0.15, 0.2) is 0 Å². The number of hydrogen-bond acceptors (Lipinski definition) is 4. The molecule has 0 atom stereocenters. The van der Waals surface area contributed by atoms with Crippen LogP contribution in [0.15, 0.2) is 29.3 Å². The molecule has 0 amide bonds. The van der Waals surface area contributed by atoms with Crippen LogP contribution in [0.2, 0.25) is 5.02 Å². The van der Waals surface area contributed by atoms with Gasteiger partial charge in [0.05, 0.1) is 11.9 Å². The van der Waals surface area contributed by atoms with E-state index in [4.69, 9.17) is 17.3 Å². The molecular weight excluding hydrogens is 312 g/mol. The lowest BCUT2D eigenvalue weighted by atomic mass is 10.1. The van der Waals surface area contributed by atoms with Crippen molar-refractivity contribution < 1.29 is 8.42 Å². The number of nitrogen functional groups attached to an aromatic ring is 1. The Morgan fingerprint density at radius 2 is 2.19 bits per heavy atom. The lowest BCUT2D eigenvalue weighted by Gasteiger charge is -2.09. The van der Waals surface area contributed by atoms with Crippen molar-refractivity contribution in [3.05, 3.63) is 40.7 Å². The summed E-state index contributed by atoms with van der Waals surface area (Å²) in [5.41, 5.74) is 7.92. The number of rotatable bonds is 6. The van der Waals surface area contributed by atoms with E-state index < -0.39 is 10.0 Å². The standard InChI is InChI=1S/C13H17ClN4O2S/c1-9-10(8-16-18-9)3-2-6-17-21(19,20)13-5-4-11(14)7-12(13)15/h4-5,7-8,17H,2-3,6,15H2,1H3,(H,16,18). The van der Waals surface area contributed by atoms with Gasteiger partial charge in [-0.25, -0.2) is 13.1 Å². The van der Waals surface area contributed by atoms with Gasteiger partial charge in [-0.1, -0.05) is 11.6 Å². The van der Waals surface area contributed by atoms with E-state index in [1.54, 1.807) is 6.20 Å². The van der Waals surface area contributed by atoms with E-state index in [9.17, 15) is 8.42 Å². The van der Waals surface area contributed by atoms with Crippen molar-refractivity contribution in [3.8, 4) is 0 Å². The maximum Gasteiger partial charge on any atom is 0.242 e. The zero-order chi connectivity index (χ0) is 15.5. The predicted molar refractivity (Wildman–Crippen MR) is 82.7 cm³/mol. The molecule has 0 unspecified atom stereocenters. The van der Waals surface area contributed by atoms with Crippen molar-refractivity contribution in [3.63, 3.8) is 0 Å². The molecule has 6 nitrogen and oxygen atoms in total. The van der Waals surface area contributed by atoms with Crippen LogP contribution in [0, 0.1) is 6.92 Å². The topological polar surface area (TPSA) is 101 Å². The molecule has 1 aromatic heterocycles. The van der Waals surface area contributed by atoms with Crippen LogP contribution in [0.5, 0.6) is 0 Å². The number of aromatic amines is 1. The van der Waals surface area contributed by atoms with E-state index in [1.165, 1.54) is 18.2 Å². The number of nitrogens with one attached hydrogen (secondary N) is 2. The lowest BCUT2D eigenvalue weighted by molar-refractivity contribution is 0.579. The van der Waals surface area contributed by atoms with Gasteiger partial charge in [0.1, 0.15) is 4.90 Å². The molecule has 8 heteroatoms. The maximum absolute atomic E-state index is 12.1. The van der Waals surface area contributed by atoms with E-state index in [0.29, 0.717) is 18.0 Å². The van der Waals surface area contributed by atoms with Gasteiger partial charge in [-0.15, -0.1) is 0 Å². The minimum Gasteiger partial charge on any atom is -0.398 e. The number of nitrogens with zero attached hydrogens (tertiary/aromatic N) is 1. The summed E-state index contributed by atoms with van der Waals surface area (Å²) in [6, 6.07) is 4.33. The molecule has 2 aromatic rings. The Balaban J connectivity index is 1.94. The summed E-state index contributed by atoms with van der Waals surface area (Å²) in [6.45, 7) is 2.26. The van der Waals surface area contributed by atoms with E-state index >= 15 is 0 Å². The van der Waals surface area contributed by atoms with Crippen molar-refractivity contribution >= 4 is 27.3 Å². The summed E-state index contributed by atoms with van der Waals surface area (Å²) >= 11 is 5.76. The minimum atomic E-state index is -3.62. The second-order valence-electron chi connectivity index (χ2n) is 4.70. The second kappa shape index (κ2) is 6.46. The molecule has 0 bridgehead atoms. The van der Waals surface area contributed by atoms with Crippen LogP contribution in [-0.4, -0.2) is 25.2 Å². The van der Waals surface area contributed by atoms with Gasteiger partial charge >= 0.3 is 0 Å². The second-order valence-corrected chi connectivity index (χ2v) is 6.88. The summed E-state index contributed by atoms with van der Waals surface area (Å²) in [7, 11) is -3.62. The molecule has 0 aliphatic rings. The first-order valence-corrected chi connectivity index (χ1v) is 8.30. The number of nitrogens with two attached hydrogens (primary N) is 1. The number of hydrogen-bond donors (Lipinski definition) is 3. The average Bonchev–Trinajstić information content (AvgIpc) is 2.80. The Bertz CT molecular complexity index is 728. The number of sulfonamides is 1. The first kappa shape index (κ1) is 15.8. The van der Waals surface area contributed by atoms with Gasteiger partial charge in [0.2, 0.25) is 10.0 Å². The van der Waals surface area contributed by atoms with Gasteiger partial charge in [-0.3, -0.25) is 5.10 Å². The number of aromatic nitrogens is 2. The highest BCUT2D eigenvalue weighted by Crippen LogP contribution is 2.22.